The molecule has 128 valence electrons. The topological polar surface area (TPSA) is 46.2 Å². The molecule has 3 rings (SSSR count). The van der Waals surface area contributed by atoms with Crippen LogP contribution in [0.15, 0.2) is 59.5 Å². The largest absolute Gasteiger partial charge is 0.240 e. The van der Waals surface area contributed by atoms with Crippen molar-refractivity contribution in [1.29, 1.82) is 0 Å². The Hall–Kier alpha value is -1.72. The van der Waals surface area contributed by atoms with Gasteiger partial charge in [0.2, 0.25) is 10.0 Å². The zero-order valence-corrected chi connectivity index (χ0v) is 14.4. The SMILES string of the molecule is O=S(=O)(NCC1(Cc2ccccc2)CCCC1)c1ccc(F)cc1. The second kappa shape index (κ2) is 7.03. The van der Waals surface area contributed by atoms with Crippen molar-refractivity contribution in [2.24, 2.45) is 5.41 Å². The summed E-state index contributed by atoms with van der Waals surface area (Å²) in [7, 11) is -3.61. The minimum Gasteiger partial charge on any atom is -0.211 e. The molecule has 0 amide bonds. The lowest BCUT2D eigenvalue weighted by atomic mass is 9.80. The molecule has 0 bridgehead atoms. The minimum absolute atomic E-state index is 0.0333. The van der Waals surface area contributed by atoms with E-state index in [1.165, 1.54) is 29.8 Å². The number of hydrogen-bond donors (Lipinski definition) is 1. The van der Waals surface area contributed by atoms with Crippen molar-refractivity contribution in [3.63, 3.8) is 0 Å². The second-order valence-corrected chi connectivity index (χ2v) is 8.41. The standard InChI is InChI=1S/C19H22FNO2S/c20-17-8-10-18(11-9-17)24(22,23)21-15-19(12-4-5-13-19)14-16-6-2-1-3-7-16/h1-3,6-11,21H,4-5,12-15H2. The van der Waals surface area contributed by atoms with Gasteiger partial charge in [-0.3, -0.25) is 0 Å². The van der Waals surface area contributed by atoms with Crippen molar-refractivity contribution >= 4 is 10.0 Å². The van der Waals surface area contributed by atoms with E-state index in [0.717, 1.165) is 32.1 Å². The first-order valence-corrected chi connectivity index (χ1v) is 9.77. The maximum atomic E-state index is 13.0. The second-order valence-electron chi connectivity index (χ2n) is 6.65. The van der Waals surface area contributed by atoms with Gasteiger partial charge in [-0.05, 0) is 54.5 Å². The lowest BCUT2D eigenvalue weighted by molar-refractivity contribution is 0.295. The van der Waals surface area contributed by atoms with Crippen LogP contribution < -0.4 is 4.72 Å². The average molecular weight is 347 g/mol. The zero-order chi connectivity index (χ0) is 17.0. The molecule has 0 atom stereocenters. The van der Waals surface area contributed by atoms with Crippen LogP contribution in [0.4, 0.5) is 4.39 Å². The fourth-order valence-corrected chi connectivity index (χ4v) is 4.67. The van der Waals surface area contributed by atoms with Gasteiger partial charge in [0.15, 0.2) is 0 Å². The highest BCUT2D eigenvalue weighted by Crippen LogP contribution is 2.40. The van der Waals surface area contributed by atoms with Crippen molar-refractivity contribution in [3.05, 3.63) is 66.0 Å². The van der Waals surface area contributed by atoms with E-state index in [4.69, 9.17) is 0 Å². The summed E-state index contributed by atoms with van der Waals surface area (Å²) in [6, 6.07) is 15.1. The number of nitrogens with one attached hydrogen (secondary N) is 1. The summed E-state index contributed by atoms with van der Waals surface area (Å²) >= 11 is 0. The van der Waals surface area contributed by atoms with Crippen LogP contribution in [0.5, 0.6) is 0 Å². The predicted octanol–water partition coefficient (Wildman–Crippen LogP) is 3.91. The fourth-order valence-electron chi connectivity index (χ4n) is 3.52. The number of hydrogen-bond acceptors (Lipinski definition) is 2. The predicted molar refractivity (Wildman–Crippen MR) is 92.6 cm³/mol. The van der Waals surface area contributed by atoms with E-state index >= 15 is 0 Å². The maximum Gasteiger partial charge on any atom is 0.240 e. The molecular weight excluding hydrogens is 325 g/mol. The Morgan fingerprint density at radius 1 is 0.958 bits per heavy atom. The van der Waals surface area contributed by atoms with Crippen LogP contribution in [0.1, 0.15) is 31.2 Å². The highest BCUT2D eigenvalue weighted by molar-refractivity contribution is 7.89. The van der Waals surface area contributed by atoms with Crippen molar-refractivity contribution in [2.45, 2.75) is 37.0 Å². The average Bonchev–Trinajstić information content (AvgIpc) is 3.03. The third-order valence-corrected chi connectivity index (χ3v) is 6.26. The smallest absolute Gasteiger partial charge is 0.211 e. The minimum atomic E-state index is -3.61. The van der Waals surface area contributed by atoms with E-state index < -0.39 is 15.8 Å². The number of rotatable bonds is 6. The van der Waals surface area contributed by atoms with Crippen LogP contribution in [0, 0.1) is 11.2 Å². The van der Waals surface area contributed by atoms with Gasteiger partial charge in [0.1, 0.15) is 5.82 Å². The Morgan fingerprint density at radius 3 is 2.21 bits per heavy atom. The van der Waals surface area contributed by atoms with Crippen molar-refractivity contribution in [2.75, 3.05) is 6.54 Å². The molecule has 0 aromatic heterocycles. The molecule has 1 saturated carbocycles. The Balaban J connectivity index is 1.73. The van der Waals surface area contributed by atoms with Gasteiger partial charge >= 0.3 is 0 Å². The number of sulfonamides is 1. The summed E-state index contributed by atoms with van der Waals surface area (Å²) in [4.78, 5) is 0.108. The fraction of sp³-hybridized carbons (Fsp3) is 0.368. The molecule has 5 heteroatoms. The third-order valence-electron chi connectivity index (χ3n) is 4.85. The first kappa shape index (κ1) is 17.1. The normalized spacial score (nSPS) is 17.0. The molecule has 2 aromatic rings. The summed E-state index contributed by atoms with van der Waals surface area (Å²) in [5, 5.41) is 0. The maximum absolute atomic E-state index is 13.0. The van der Waals surface area contributed by atoms with E-state index in [-0.39, 0.29) is 10.3 Å². The van der Waals surface area contributed by atoms with Gasteiger partial charge in [0, 0.05) is 6.54 Å². The van der Waals surface area contributed by atoms with Crippen LogP contribution >= 0.6 is 0 Å². The van der Waals surface area contributed by atoms with Crippen molar-refractivity contribution in [3.8, 4) is 0 Å². The molecular formula is C19H22FNO2S. The van der Waals surface area contributed by atoms with Crippen LogP contribution in [-0.2, 0) is 16.4 Å². The zero-order valence-electron chi connectivity index (χ0n) is 13.5. The summed E-state index contributed by atoms with van der Waals surface area (Å²) in [6.45, 7) is 0.418. The van der Waals surface area contributed by atoms with Gasteiger partial charge in [-0.15, -0.1) is 0 Å². The van der Waals surface area contributed by atoms with Crippen LogP contribution in [0.25, 0.3) is 0 Å². The molecule has 0 radical (unpaired) electrons. The summed E-state index contributed by atoms with van der Waals surface area (Å²) in [5.74, 6) is -0.440. The molecule has 0 aliphatic heterocycles. The molecule has 0 spiro atoms. The van der Waals surface area contributed by atoms with Crippen molar-refractivity contribution in [1.82, 2.24) is 4.72 Å². The van der Waals surface area contributed by atoms with Crippen molar-refractivity contribution < 1.29 is 12.8 Å². The lowest BCUT2D eigenvalue weighted by Crippen LogP contribution is -2.37. The Labute approximate surface area is 143 Å². The van der Waals surface area contributed by atoms with Gasteiger partial charge in [-0.1, -0.05) is 43.2 Å². The molecule has 0 unspecified atom stereocenters. The molecule has 3 nitrogen and oxygen atoms in total. The van der Waals surface area contributed by atoms with Gasteiger partial charge in [-0.2, -0.15) is 0 Å². The lowest BCUT2D eigenvalue weighted by Gasteiger charge is -2.29. The Morgan fingerprint density at radius 2 is 1.58 bits per heavy atom. The highest BCUT2D eigenvalue weighted by Gasteiger charge is 2.35. The van der Waals surface area contributed by atoms with Gasteiger partial charge in [0.25, 0.3) is 0 Å². The molecule has 1 fully saturated rings. The van der Waals surface area contributed by atoms with Crippen LogP contribution in [-0.4, -0.2) is 15.0 Å². The quantitative estimate of drug-likeness (QED) is 0.861. The van der Waals surface area contributed by atoms with Crippen LogP contribution in [0.3, 0.4) is 0 Å². The molecule has 1 aliphatic carbocycles. The van der Waals surface area contributed by atoms with Gasteiger partial charge < -0.3 is 0 Å². The molecule has 24 heavy (non-hydrogen) atoms. The monoisotopic (exact) mass is 347 g/mol. The highest BCUT2D eigenvalue weighted by atomic mass is 32.2. The first-order valence-electron chi connectivity index (χ1n) is 8.28. The summed E-state index contributed by atoms with van der Waals surface area (Å²) < 4.78 is 40.7. The summed E-state index contributed by atoms with van der Waals surface area (Å²) in [5.41, 5.74) is 1.20. The Bertz CT molecular complexity index is 767. The Kier molecular flexibility index (Phi) is 5.01. The van der Waals surface area contributed by atoms with E-state index in [1.54, 1.807) is 0 Å². The number of halogens is 1. The molecule has 1 aliphatic rings. The molecule has 1 N–H and O–H groups in total. The first-order chi connectivity index (χ1) is 11.5. The van der Waals surface area contributed by atoms with Gasteiger partial charge in [-0.25, -0.2) is 17.5 Å². The summed E-state index contributed by atoms with van der Waals surface area (Å²) in [6.07, 6.45) is 5.18. The van der Waals surface area contributed by atoms with Gasteiger partial charge in [0.05, 0.1) is 4.90 Å². The molecule has 2 aromatic carbocycles. The van der Waals surface area contributed by atoms with E-state index in [0.29, 0.717) is 6.54 Å². The van der Waals surface area contributed by atoms with E-state index in [1.807, 2.05) is 18.2 Å². The number of benzene rings is 2. The molecule has 0 saturated heterocycles. The van der Waals surface area contributed by atoms with E-state index in [9.17, 15) is 12.8 Å². The van der Waals surface area contributed by atoms with E-state index in [2.05, 4.69) is 16.9 Å². The molecule has 0 heterocycles. The van der Waals surface area contributed by atoms with Crippen LogP contribution in [0.2, 0.25) is 0 Å². The third kappa shape index (κ3) is 4.02.